The summed E-state index contributed by atoms with van der Waals surface area (Å²) in [5.74, 6) is 0.921. The zero-order valence-electron chi connectivity index (χ0n) is 8.03. The minimum absolute atomic E-state index is 0.677. The van der Waals surface area contributed by atoms with Crippen LogP contribution in [0.5, 0.6) is 0 Å². The van der Waals surface area contributed by atoms with Gasteiger partial charge in [-0.15, -0.1) is 0 Å². The molecule has 1 saturated carbocycles. The standard InChI is InChI=1S/C11H13N3/c12-7-10-4-5-13-8-11(10)14-6-3-9-1-2-9/h4-5,8-9,14H,1-3,6H2. The second-order valence-electron chi connectivity index (χ2n) is 3.69. The van der Waals surface area contributed by atoms with Gasteiger partial charge in [-0.2, -0.15) is 5.26 Å². The van der Waals surface area contributed by atoms with Crippen LogP contribution in [0.3, 0.4) is 0 Å². The predicted octanol–water partition coefficient (Wildman–Crippen LogP) is 2.17. The first-order valence-electron chi connectivity index (χ1n) is 4.98. The Morgan fingerprint density at radius 2 is 2.43 bits per heavy atom. The van der Waals surface area contributed by atoms with Crippen molar-refractivity contribution in [3.8, 4) is 6.07 Å². The van der Waals surface area contributed by atoms with E-state index in [1.54, 1.807) is 18.5 Å². The van der Waals surface area contributed by atoms with E-state index in [4.69, 9.17) is 5.26 Å². The van der Waals surface area contributed by atoms with E-state index in [9.17, 15) is 0 Å². The van der Waals surface area contributed by atoms with Gasteiger partial charge in [-0.3, -0.25) is 4.98 Å². The molecule has 1 N–H and O–H groups in total. The van der Waals surface area contributed by atoms with Crippen molar-refractivity contribution in [1.29, 1.82) is 5.26 Å². The Balaban J connectivity index is 1.90. The number of anilines is 1. The summed E-state index contributed by atoms with van der Waals surface area (Å²) in [4.78, 5) is 3.99. The Morgan fingerprint density at radius 3 is 3.14 bits per heavy atom. The summed E-state index contributed by atoms with van der Waals surface area (Å²) in [6.45, 7) is 0.949. The van der Waals surface area contributed by atoms with Gasteiger partial charge in [0.25, 0.3) is 0 Å². The third kappa shape index (κ3) is 2.23. The lowest BCUT2D eigenvalue weighted by Crippen LogP contribution is -2.04. The minimum atomic E-state index is 0.677. The lowest BCUT2D eigenvalue weighted by Gasteiger charge is -2.06. The fraction of sp³-hybridized carbons (Fsp3) is 0.455. The summed E-state index contributed by atoms with van der Waals surface area (Å²) in [6.07, 6.45) is 7.31. The number of hydrogen-bond donors (Lipinski definition) is 1. The summed E-state index contributed by atoms with van der Waals surface area (Å²) >= 11 is 0. The van der Waals surface area contributed by atoms with Crippen molar-refractivity contribution in [3.05, 3.63) is 24.0 Å². The second kappa shape index (κ2) is 4.10. The summed E-state index contributed by atoms with van der Waals surface area (Å²) < 4.78 is 0. The molecule has 72 valence electrons. The van der Waals surface area contributed by atoms with Gasteiger partial charge in [0.15, 0.2) is 0 Å². The molecule has 0 saturated heterocycles. The SMILES string of the molecule is N#Cc1ccncc1NCCC1CC1. The molecular formula is C11H13N3. The molecule has 0 atom stereocenters. The summed E-state index contributed by atoms with van der Waals surface area (Å²) in [7, 11) is 0. The van der Waals surface area contributed by atoms with Crippen LogP contribution in [0, 0.1) is 17.2 Å². The van der Waals surface area contributed by atoms with E-state index in [1.807, 2.05) is 0 Å². The molecule has 0 radical (unpaired) electrons. The molecule has 1 fully saturated rings. The van der Waals surface area contributed by atoms with Crippen molar-refractivity contribution in [2.75, 3.05) is 11.9 Å². The van der Waals surface area contributed by atoms with Gasteiger partial charge in [0, 0.05) is 12.7 Å². The van der Waals surface area contributed by atoms with E-state index in [2.05, 4.69) is 16.4 Å². The van der Waals surface area contributed by atoms with Gasteiger partial charge >= 0.3 is 0 Å². The number of pyridine rings is 1. The molecule has 0 unspecified atom stereocenters. The van der Waals surface area contributed by atoms with Crippen LogP contribution in [-0.4, -0.2) is 11.5 Å². The topological polar surface area (TPSA) is 48.7 Å². The van der Waals surface area contributed by atoms with Crippen molar-refractivity contribution in [2.45, 2.75) is 19.3 Å². The van der Waals surface area contributed by atoms with Crippen molar-refractivity contribution in [2.24, 2.45) is 5.92 Å². The number of aromatic nitrogens is 1. The summed E-state index contributed by atoms with van der Waals surface area (Å²) in [5.41, 5.74) is 1.53. The predicted molar refractivity (Wildman–Crippen MR) is 54.8 cm³/mol. The first-order chi connectivity index (χ1) is 6.90. The molecule has 0 aromatic carbocycles. The Kier molecular flexibility index (Phi) is 2.64. The molecule has 0 amide bonds. The van der Waals surface area contributed by atoms with Crippen LogP contribution < -0.4 is 5.32 Å². The van der Waals surface area contributed by atoms with Crippen LogP contribution in [-0.2, 0) is 0 Å². The number of hydrogen-bond acceptors (Lipinski definition) is 3. The molecule has 1 aromatic rings. The molecular weight excluding hydrogens is 174 g/mol. The van der Waals surface area contributed by atoms with Gasteiger partial charge in [0.2, 0.25) is 0 Å². The molecule has 3 nitrogen and oxygen atoms in total. The third-order valence-electron chi connectivity index (χ3n) is 2.51. The second-order valence-corrected chi connectivity index (χ2v) is 3.69. The average molecular weight is 187 g/mol. The maximum atomic E-state index is 8.82. The minimum Gasteiger partial charge on any atom is -0.383 e. The molecule has 2 rings (SSSR count). The van der Waals surface area contributed by atoms with Crippen molar-refractivity contribution in [1.82, 2.24) is 4.98 Å². The highest BCUT2D eigenvalue weighted by molar-refractivity contribution is 5.55. The van der Waals surface area contributed by atoms with E-state index >= 15 is 0 Å². The maximum Gasteiger partial charge on any atom is 0.101 e. The van der Waals surface area contributed by atoms with Crippen LogP contribution in [0.15, 0.2) is 18.5 Å². The number of nitrogens with one attached hydrogen (secondary N) is 1. The number of nitrogens with zero attached hydrogens (tertiary/aromatic N) is 2. The smallest absolute Gasteiger partial charge is 0.101 e. The third-order valence-corrected chi connectivity index (χ3v) is 2.51. The highest BCUT2D eigenvalue weighted by atomic mass is 14.9. The molecule has 0 spiro atoms. The largest absolute Gasteiger partial charge is 0.383 e. The molecule has 1 heterocycles. The maximum absolute atomic E-state index is 8.82. The Labute approximate surface area is 83.8 Å². The molecule has 0 bridgehead atoms. The highest BCUT2D eigenvalue weighted by Gasteiger charge is 2.20. The molecule has 3 heteroatoms. The Bertz CT molecular complexity index is 350. The quantitative estimate of drug-likeness (QED) is 0.785. The van der Waals surface area contributed by atoms with Gasteiger partial charge in [0.05, 0.1) is 17.4 Å². The van der Waals surface area contributed by atoms with Crippen LogP contribution in [0.4, 0.5) is 5.69 Å². The van der Waals surface area contributed by atoms with E-state index in [-0.39, 0.29) is 0 Å². The molecule has 14 heavy (non-hydrogen) atoms. The zero-order chi connectivity index (χ0) is 9.80. The van der Waals surface area contributed by atoms with Crippen LogP contribution >= 0.6 is 0 Å². The molecule has 1 aromatic heterocycles. The first-order valence-corrected chi connectivity index (χ1v) is 4.98. The van der Waals surface area contributed by atoms with Gasteiger partial charge in [-0.1, -0.05) is 12.8 Å². The van der Waals surface area contributed by atoms with Crippen molar-refractivity contribution < 1.29 is 0 Å². The van der Waals surface area contributed by atoms with E-state index in [0.29, 0.717) is 5.56 Å². The summed E-state index contributed by atoms with van der Waals surface area (Å²) in [5, 5.41) is 12.1. The first kappa shape index (κ1) is 9.01. The fourth-order valence-electron chi connectivity index (χ4n) is 1.45. The molecule has 0 aliphatic heterocycles. The highest BCUT2D eigenvalue weighted by Crippen LogP contribution is 2.32. The van der Waals surface area contributed by atoms with Crippen molar-refractivity contribution in [3.63, 3.8) is 0 Å². The monoisotopic (exact) mass is 187 g/mol. The molecule has 1 aliphatic rings. The molecule has 1 aliphatic carbocycles. The summed E-state index contributed by atoms with van der Waals surface area (Å²) in [6, 6.07) is 3.88. The van der Waals surface area contributed by atoms with Crippen LogP contribution in [0.2, 0.25) is 0 Å². The zero-order valence-corrected chi connectivity index (χ0v) is 8.03. The van der Waals surface area contributed by atoms with E-state index in [0.717, 1.165) is 18.2 Å². The van der Waals surface area contributed by atoms with E-state index < -0.39 is 0 Å². The van der Waals surface area contributed by atoms with Gasteiger partial charge in [-0.25, -0.2) is 0 Å². The Hall–Kier alpha value is -1.56. The van der Waals surface area contributed by atoms with Gasteiger partial charge in [-0.05, 0) is 18.4 Å². The lowest BCUT2D eigenvalue weighted by atomic mass is 10.2. The Morgan fingerprint density at radius 1 is 1.57 bits per heavy atom. The average Bonchev–Trinajstić information content (AvgIpc) is 3.03. The van der Waals surface area contributed by atoms with Gasteiger partial charge < -0.3 is 5.32 Å². The van der Waals surface area contributed by atoms with E-state index in [1.165, 1.54) is 19.3 Å². The van der Waals surface area contributed by atoms with Crippen LogP contribution in [0.1, 0.15) is 24.8 Å². The van der Waals surface area contributed by atoms with Gasteiger partial charge in [0.1, 0.15) is 6.07 Å². The number of nitriles is 1. The lowest BCUT2D eigenvalue weighted by molar-refractivity contribution is 0.760. The number of rotatable bonds is 4. The fourth-order valence-corrected chi connectivity index (χ4v) is 1.45. The van der Waals surface area contributed by atoms with Crippen molar-refractivity contribution >= 4 is 5.69 Å². The normalized spacial score (nSPS) is 14.8. The van der Waals surface area contributed by atoms with Crippen LogP contribution in [0.25, 0.3) is 0 Å².